The molecule has 1 aliphatic rings. The number of ether oxygens (including phenoxy) is 1. The van der Waals surface area contributed by atoms with E-state index in [4.69, 9.17) is 9.15 Å². The molecule has 0 radical (unpaired) electrons. The summed E-state index contributed by atoms with van der Waals surface area (Å²) in [6.07, 6.45) is 2.06. The number of nitrogens with zero attached hydrogens (tertiary/aromatic N) is 2. The summed E-state index contributed by atoms with van der Waals surface area (Å²) in [6, 6.07) is 12.7. The van der Waals surface area contributed by atoms with Crippen LogP contribution in [-0.4, -0.2) is 24.8 Å². The van der Waals surface area contributed by atoms with Gasteiger partial charge in [0.25, 0.3) is 0 Å². The number of carbonyl (C=O) groups is 1. The lowest BCUT2D eigenvalue weighted by Gasteiger charge is -2.21. The molecule has 0 aliphatic carbocycles. The highest BCUT2D eigenvalue weighted by molar-refractivity contribution is 6.04. The van der Waals surface area contributed by atoms with Gasteiger partial charge in [-0.05, 0) is 24.3 Å². The van der Waals surface area contributed by atoms with Crippen LogP contribution in [0, 0.1) is 0 Å². The minimum atomic E-state index is -0.456. The molecule has 0 saturated heterocycles. The molecule has 0 spiro atoms. The number of carbonyl (C=O) groups excluding carboxylic acids is 1. The van der Waals surface area contributed by atoms with Gasteiger partial charge in [-0.15, -0.1) is 0 Å². The van der Waals surface area contributed by atoms with Gasteiger partial charge >= 0.3 is 5.97 Å². The normalized spacial score (nSPS) is 17.9. The number of para-hydroxylation sites is 1. The van der Waals surface area contributed by atoms with Crippen molar-refractivity contribution in [2.45, 2.75) is 12.5 Å². The van der Waals surface area contributed by atoms with Gasteiger partial charge in [-0.25, -0.2) is 4.79 Å². The van der Waals surface area contributed by atoms with E-state index in [9.17, 15) is 4.79 Å². The summed E-state index contributed by atoms with van der Waals surface area (Å²) >= 11 is 0. The van der Waals surface area contributed by atoms with Crippen molar-refractivity contribution >= 4 is 17.4 Å². The van der Waals surface area contributed by atoms with Crippen molar-refractivity contribution in [2.75, 3.05) is 12.1 Å². The Morgan fingerprint density at radius 1 is 1.30 bits per heavy atom. The highest BCUT2D eigenvalue weighted by atomic mass is 16.5. The third-order valence-electron chi connectivity index (χ3n) is 3.21. The lowest BCUT2D eigenvalue weighted by molar-refractivity contribution is -0.141. The molecular weight excluding hydrogens is 256 g/mol. The standard InChI is InChI=1S/C15H14N2O3/c1-19-15(18)13-10-12(14-8-5-9-20-14)16-17(13)11-6-3-2-4-7-11/h2-9,13H,10H2,1H3. The van der Waals surface area contributed by atoms with Gasteiger partial charge in [-0.2, -0.15) is 5.10 Å². The first-order valence-electron chi connectivity index (χ1n) is 6.33. The maximum atomic E-state index is 11.9. The van der Waals surface area contributed by atoms with Crippen LogP contribution in [0.2, 0.25) is 0 Å². The fraction of sp³-hybridized carbons (Fsp3) is 0.200. The smallest absolute Gasteiger partial charge is 0.331 e. The summed E-state index contributed by atoms with van der Waals surface area (Å²) in [5, 5.41) is 6.19. The zero-order valence-corrected chi connectivity index (χ0v) is 11.0. The number of rotatable bonds is 3. The van der Waals surface area contributed by atoms with E-state index in [-0.39, 0.29) is 5.97 Å². The summed E-state index contributed by atoms with van der Waals surface area (Å²) in [5.41, 5.74) is 1.60. The SMILES string of the molecule is COC(=O)C1CC(c2ccco2)=NN1c1ccccc1. The van der Waals surface area contributed by atoms with Crippen LogP contribution in [0.25, 0.3) is 0 Å². The molecule has 1 aliphatic heterocycles. The second-order valence-corrected chi connectivity index (χ2v) is 4.45. The van der Waals surface area contributed by atoms with Crippen LogP contribution in [0.1, 0.15) is 12.2 Å². The Balaban J connectivity index is 1.96. The average Bonchev–Trinajstić information content (AvgIpc) is 3.16. The highest BCUT2D eigenvalue weighted by Gasteiger charge is 2.35. The number of hydrogen-bond donors (Lipinski definition) is 0. The van der Waals surface area contributed by atoms with Gasteiger partial charge in [0.1, 0.15) is 11.5 Å². The quantitative estimate of drug-likeness (QED) is 0.804. The second-order valence-electron chi connectivity index (χ2n) is 4.45. The molecule has 2 aromatic rings. The van der Waals surface area contributed by atoms with Gasteiger partial charge in [-0.1, -0.05) is 18.2 Å². The summed E-state index contributed by atoms with van der Waals surface area (Å²) in [4.78, 5) is 11.9. The van der Waals surface area contributed by atoms with Gasteiger partial charge in [-0.3, -0.25) is 5.01 Å². The third kappa shape index (κ3) is 2.18. The molecule has 1 aromatic heterocycles. The second kappa shape index (κ2) is 5.21. The summed E-state index contributed by atoms with van der Waals surface area (Å²) in [6.45, 7) is 0. The minimum Gasteiger partial charge on any atom is -0.467 e. The molecule has 102 valence electrons. The van der Waals surface area contributed by atoms with Crippen molar-refractivity contribution < 1.29 is 13.9 Å². The number of methoxy groups -OCH3 is 1. The fourth-order valence-electron chi connectivity index (χ4n) is 2.24. The van der Waals surface area contributed by atoms with Crippen LogP contribution in [0.3, 0.4) is 0 Å². The summed E-state index contributed by atoms with van der Waals surface area (Å²) < 4.78 is 10.2. The molecule has 0 N–H and O–H groups in total. The number of hydrazone groups is 1. The van der Waals surface area contributed by atoms with E-state index in [0.717, 1.165) is 11.4 Å². The largest absolute Gasteiger partial charge is 0.467 e. The van der Waals surface area contributed by atoms with Gasteiger partial charge in [0, 0.05) is 6.42 Å². The van der Waals surface area contributed by atoms with E-state index >= 15 is 0 Å². The van der Waals surface area contributed by atoms with Crippen LogP contribution in [0.15, 0.2) is 58.2 Å². The monoisotopic (exact) mass is 270 g/mol. The van der Waals surface area contributed by atoms with Crippen molar-refractivity contribution in [3.8, 4) is 0 Å². The summed E-state index contributed by atoms with van der Waals surface area (Å²) in [5.74, 6) is 0.372. The molecule has 5 nitrogen and oxygen atoms in total. The van der Waals surface area contributed by atoms with Crippen LogP contribution in [-0.2, 0) is 9.53 Å². The molecule has 3 rings (SSSR count). The molecule has 20 heavy (non-hydrogen) atoms. The van der Waals surface area contributed by atoms with Crippen molar-refractivity contribution in [3.63, 3.8) is 0 Å². The maximum absolute atomic E-state index is 11.9. The average molecular weight is 270 g/mol. The Labute approximate surface area is 116 Å². The van der Waals surface area contributed by atoms with E-state index in [1.54, 1.807) is 17.3 Å². The van der Waals surface area contributed by atoms with E-state index < -0.39 is 6.04 Å². The van der Waals surface area contributed by atoms with E-state index in [2.05, 4.69) is 5.10 Å². The molecule has 0 saturated carbocycles. The number of anilines is 1. The van der Waals surface area contributed by atoms with Gasteiger partial charge in [0.15, 0.2) is 6.04 Å². The number of furan rings is 1. The first-order chi connectivity index (χ1) is 9.79. The van der Waals surface area contributed by atoms with Gasteiger partial charge in [0.05, 0.1) is 19.1 Å². The number of hydrogen-bond acceptors (Lipinski definition) is 5. The minimum absolute atomic E-state index is 0.306. The van der Waals surface area contributed by atoms with Crippen LogP contribution >= 0.6 is 0 Å². The Kier molecular flexibility index (Phi) is 3.25. The first kappa shape index (κ1) is 12.5. The predicted molar refractivity (Wildman–Crippen MR) is 74.6 cm³/mol. The molecule has 0 bridgehead atoms. The third-order valence-corrected chi connectivity index (χ3v) is 3.21. The zero-order chi connectivity index (χ0) is 13.9. The highest BCUT2D eigenvalue weighted by Crippen LogP contribution is 2.27. The van der Waals surface area contributed by atoms with Crippen molar-refractivity contribution in [2.24, 2.45) is 5.10 Å². The van der Waals surface area contributed by atoms with Gasteiger partial charge < -0.3 is 9.15 Å². The van der Waals surface area contributed by atoms with Crippen LogP contribution < -0.4 is 5.01 Å². The van der Waals surface area contributed by atoms with Crippen LogP contribution in [0.5, 0.6) is 0 Å². The Morgan fingerprint density at radius 2 is 2.10 bits per heavy atom. The first-order valence-corrected chi connectivity index (χ1v) is 6.33. The van der Waals surface area contributed by atoms with Gasteiger partial charge in [0.2, 0.25) is 0 Å². The molecule has 1 atom stereocenters. The van der Waals surface area contributed by atoms with E-state index in [1.807, 2.05) is 36.4 Å². The number of esters is 1. The molecule has 5 heteroatoms. The Bertz CT molecular complexity index is 620. The molecule has 1 aromatic carbocycles. The fourth-order valence-corrected chi connectivity index (χ4v) is 2.24. The lowest BCUT2D eigenvalue weighted by atomic mass is 10.1. The lowest BCUT2D eigenvalue weighted by Crippen LogP contribution is -2.35. The predicted octanol–water partition coefficient (Wildman–Crippen LogP) is 2.44. The van der Waals surface area contributed by atoms with E-state index in [0.29, 0.717) is 12.2 Å². The number of benzene rings is 1. The Hall–Kier alpha value is -2.56. The topological polar surface area (TPSA) is 55.0 Å². The van der Waals surface area contributed by atoms with Crippen LogP contribution in [0.4, 0.5) is 5.69 Å². The maximum Gasteiger partial charge on any atom is 0.331 e. The van der Waals surface area contributed by atoms with Crippen molar-refractivity contribution in [3.05, 3.63) is 54.5 Å². The molecule has 0 amide bonds. The molecule has 2 heterocycles. The van der Waals surface area contributed by atoms with Crippen molar-refractivity contribution in [1.29, 1.82) is 0 Å². The van der Waals surface area contributed by atoms with E-state index in [1.165, 1.54) is 7.11 Å². The molecule has 0 fully saturated rings. The zero-order valence-electron chi connectivity index (χ0n) is 11.0. The summed E-state index contributed by atoms with van der Waals surface area (Å²) in [7, 11) is 1.39. The molecular formula is C15H14N2O3. The molecule has 1 unspecified atom stereocenters. The Morgan fingerprint density at radius 3 is 2.75 bits per heavy atom. The van der Waals surface area contributed by atoms with Crippen molar-refractivity contribution in [1.82, 2.24) is 0 Å².